The summed E-state index contributed by atoms with van der Waals surface area (Å²) in [5.74, 6) is 0.613. The maximum absolute atomic E-state index is 4.50. The van der Waals surface area contributed by atoms with E-state index in [0.29, 0.717) is 12.0 Å². The fourth-order valence-corrected chi connectivity index (χ4v) is 2.09. The van der Waals surface area contributed by atoms with Crippen LogP contribution in [-0.4, -0.2) is 19.6 Å². The van der Waals surface area contributed by atoms with Gasteiger partial charge in [-0.1, -0.05) is 13.8 Å². The lowest BCUT2D eigenvalue weighted by Gasteiger charge is -2.04. The van der Waals surface area contributed by atoms with E-state index in [4.69, 9.17) is 0 Å². The third-order valence-electron chi connectivity index (χ3n) is 3.17. The number of nitrogens with zero attached hydrogens (tertiary/aromatic N) is 4. The Morgan fingerprint density at radius 1 is 1.20 bits per heavy atom. The van der Waals surface area contributed by atoms with Gasteiger partial charge >= 0.3 is 0 Å². The summed E-state index contributed by atoms with van der Waals surface area (Å²) >= 11 is 0. The Kier molecular flexibility index (Phi) is 4.47. The van der Waals surface area contributed by atoms with Crippen LogP contribution in [-0.2, 0) is 13.1 Å². The molecule has 0 aromatic carbocycles. The molecular weight excluding hydrogens is 250 g/mol. The van der Waals surface area contributed by atoms with Crippen molar-refractivity contribution >= 4 is 5.69 Å². The fraction of sp³-hybridized carbons (Fsp3) is 0.600. The first-order valence-electron chi connectivity index (χ1n) is 7.26. The summed E-state index contributed by atoms with van der Waals surface area (Å²) < 4.78 is 3.99. The molecule has 2 rings (SSSR count). The molecule has 2 aromatic heterocycles. The van der Waals surface area contributed by atoms with Gasteiger partial charge < -0.3 is 5.32 Å². The minimum Gasteiger partial charge on any atom is -0.378 e. The van der Waals surface area contributed by atoms with Gasteiger partial charge in [-0.3, -0.25) is 9.36 Å². The van der Waals surface area contributed by atoms with Crippen molar-refractivity contribution in [1.82, 2.24) is 19.6 Å². The normalized spacial score (nSPS) is 11.6. The van der Waals surface area contributed by atoms with Gasteiger partial charge in [-0.25, -0.2) is 0 Å². The van der Waals surface area contributed by atoms with Crippen molar-refractivity contribution < 1.29 is 0 Å². The van der Waals surface area contributed by atoms with Crippen LogP contribution in [0.2, 0.25) is 0 Å². The van der Waals surface area contributed by atoms with Crippen molar-refractivity contribution in [3.05, 3.63) is 29.8 Å². The van der Waals surface area contributed by atoms with E-state index in [9.17, 15) is 0 Å². The number of aryl methyl sites for hydroxylation is 1. The van der Waals surface area contributed by atoms with Crippen molar-refractivity contribution in [1.29, 1.82) is 0 Å². The lowest BCUT2D eigenvalue weighted by atomic mass is 10.2. The SMILES string of the molecule is Cc1nn(C(C)C)cc1NCc1cnn(CC(C)C)c1. The molecule has 0 fully saturated rings. The van der Waals surface area contributed by atoms with Gasteiger partial charge in [0.25, 0.3) is 0 Å². The number of hydrogen-bond acceptors (Lipinski definition) is 3. The Morgan fingerprint density at radius 2 is 1.95 bits per heavy atom. The van der Waals surface area contributed by atoms with Gasteiger partial charge in [0.2, 0.25) is 0 Å². The minimum atomic E-state index is 0.387. The summed E-state index contributed by atoms with van der Waals surface area (Å²) in [5.41, 5.74) is 3.32. The average molecular weight is 275 g/mol. The molecule has 5 nitrogen and oxygen atoms in total. The highest BCUT2D eigenvalue weighted by Crippen LogP contribution is 2.16. The van der Waals surface area contributed by atoms with Crippen LogP contribution in [0.25, 0.3) is 0 Å². The van der Waals surface area contributed by atoms with E-state index in [1.165, 1.54) is 5.56 Å². The zero-order chi connectivity index (χ0) is 14.7. The third-order valence-corrected chi connectivity index (χ3v) is 3.17. The highest BCUT2D eigenvalue weighted by atomic mass is 15.3. The molecule has 0 atom stereocenters. The smallest absolute Gasteiger partial charge is 0.0825 e. The molecular formula is C15H25N5. The van der Waals surface area contributed by atoms with Gasteiger partial charge in [0.15, 0.2) is 0 Å². The van der Waals surface area contributed by atoms with E-state index < -0.39 is 0 Å². The Balaban J connectivity index is 1.96. The van der Waals surface area contributed by atoms with Crippen molar-refractivity contribution in [2.45, 2.75) is 53.8 Å². The highest BCUT2D eigenvalue weighted by Gasteiger charge is 2.07. The second kappa shape index (κ2) is 6.11. The molecule has 0 saturated heterocycles. The van der Waals surface area contributed by atoms with Crippen LogP contribution in [0.5, 0.6) is 0 Å². The van der Waals surface area contributed by atoms with E-state index in [2.05, 4.69) is 55.6 Å². The monoisotopic (exact) mass is 275 g/mol. The van der Waals surface area contributed by atoms with Crippen LogP contribution < -0.4 is 5.32 Å². The summed E-state index contributed by atoms with van der Waals surface area (Å²) in [6, 6.07) is 0.387. The zero-order valence-electron chi connectivity index (χ0n) is 13.1. The number of anilines is 1. The molecule has 0 saturated carbocycles. The predicted molar refractivity (Wildman–Crippen MR) is 81.7 cm³/mol. The van der Waals surface area contributed by atoms with Crippen molar-refractivity contribution in [2.75, 3.05) is 5.32 Å². The average Bonchev–Trinajstić information content (AvgIpc) is 2.93. The first-order valence-corrected chi connectivity index (χ1v) is 7.26. The van der Waals surface area contributed by atoms with Crippen LogP contribution in [0.1, 0.15) is 45.0 Å². The van der Waals surface area contributed by atoms with E-state index in [1.807, 2.05) is 22.5 Å². The summed E-state index contributed by atoms with van der Waals surface area (Å²) in [6.07, 6.45) is 6.10. The molecule has 0 amide bonds. The molecule has 0 radical (unpaired) electrons. The standard InChI is InChI=1S/C15H25N5/c1-11(2)8-19-9-14(7-17-19)6-16-15-10-20(12(3)4)18-13(15)5/h7,9-12,16H,6,8H2,1-5H3. The molecule has 0 aliphatic rings. The fourth-order valence-electron chi connectivity index (χ4n) is 2.09. The molecule has 0 aliphatic carbocycles. The minimum absolute atomic E-state index is 0.387. The van der Waals surface area contributed by atoms with E-state index in [-0.39, 0.29) is 0 Å². The van der Waals surface area contributed by atoms with Gasteiger partial charge in [-0.2, -0.15) is 10.2 Å². The topological polar surface area (TPSA) is 47.7 Å². The molecule has 0 aliphatic heterocycles. The summed E-state index contributed by atoms with van der Waals surface area (Å²) in [6.45, 7) is 12.4. The maximum Gasteiger partial charge on any atom is 0.0825 e. The molecule has 5 heteroatoms. The molecule has 0 spiro atoms. The van der Waals surface area contributed by atoms with Gasteiger partial charge in [0.05, 0.1) is 17.6 Å². The van der Waals surface area contributed by atoms with Crippen molar-refractivity contribution in [3.63, 3.8) is 0 Å². The third kappa shape index (κ3) is 3.62. The molecule has 2 aromatic rings. The van der Waals surface area contributed by atoms with Crippen molar-refractivity contribution in [3.8, 4) is 0 Å². The second-order valence-electron chi connectivity index (χ2n) is 6.02. The molecule has 20 heavy (non-hydrogen) atoms. The van der Waals surface area contributed by atoms with Gasteiger partial charge in [-0.15, -0.1) is 0 Å². The molecule has 1 N–H and O–H groups in total. The Hall–Kier alpha value is -1.78. The van der Waals surface area contributed by atoms with Gasteiger partial charge in [0, 0.05) is 37.1 Å². The number of nitrogens with one attached hydrogen (secondary N) is 1. The summed E-state index contributed by atoms with van der Waals surface area (Å²) in [4.78, 5) is 0. The number of rotatable bonds is 6. The largest absolute Gasteiger partial charge is 0.378 e. The quantitative estimate of drug-likeness (QED) is 0.880. The van der Waals surface area contributed by atoms with Gasteiger partial charge in [0.1, 0.15) is 0 Å². The number of hydrogen-bond donors (Lipinski definition) is 1. The van der Waals surface area contributed by atoms with E-state index in [1.54, 1.807) is 0 Å². The lowest BCUT2D eigenvalue weighted by molar-refractivity contribution is 0.483. The molecule has 0 unspecified atom stereocenters. The van der Waals surface area contributed by atoms with Crippen LogP contribution >= 0.6 is 0 Å². The zero-order valence-corrected chi connectivity index (χ0v) is 13.1. The van der Waals surface area contributed by atoms with E-state index in [0.717, 1.165) is 24.5 Å². The molecule has 110 valence electrons. The lowest BCUT2D eigenvalue weighted by Crippen LogP contribution is -2.04. The Labute approximate surface area is 121 Å². The summed E-state index contributed by atoms with van der Waals surface area (Å²) in [7, 11) is 0. The van der Waals surface area contributed by atoms with E-state index >= 15 is 0 Å². The van der Waals surface area contributed by atoms with Gasteiger partial charge in [-0.05, 0) is 26.7 Å². The maximum atomic E-state index is 4.50. The Morgan fingerprint density at radius 3 is 2.55 bits per heavy atom. The van der Waals surface area contributed by atoms with Crippen LogP contribution in [0.3, 0.4) is 0 Å². The van der Waals surface area contributed by atoms with Crippen LogP contribution in [0.15, 0.2) is 18.6 Å². The predicted octanol–water partition coefficient (Wildman–Crippen LogP) is 3.24. The Bertz CT molecular complexity index is 550. The van der Waals surface area contributed by atoms with Crippen LogP contribution in [0, 0.1) is 12.8 Å². The molecule has 2 heterocycles. The second-order valence-corrected chi connectivity index (χ2v) is 6.02. The highest BCUT2D eigenvalue weighted by molar-refractivity contribution is 5.46. The first-order chi connectivity index (χ1) is 9.45. The first kappa shape index (κ1) is 14.6. The summed E-state index contributed by atoms with van der Waals surface area (Å²) in [5, 5.41) is 12.3. The molecule has 0 bridgehead atoms. The van der Waals surface area contributed by atoms with Crippen molar-refractivity contribution in [2.24, 2.45) is 5.92 Å². The van der Waals surface area contributed by atoms with Crippen LogP contribution in [0.4, 0.5) is 5.69 Å². The number of aromatic nitrogens is 4.